The number of rotatable bonds is 7. The van der Waals surface area contributed by atoms with Crippen LogP contribution in [0.4, 0.5) is 0 Å². The van der Waals surface area contributed by atoms with Crippen LogP contribution >= 0.6 is 0 Å². The normalized spacial score (nSPS) is 10.9. The van der Waals surface area contributed by atoms with Crippen LogP contribution in [0.5, 0.6) is 11.5 Å². The van der Waals surface area contributed by atoms with E-state index in [1.807, 2.05) is 37.6 Å². The first-order valence-electron chi connectivity index (χ1n) is 8.37. The zero-order valence-corrected chi connectivity index (χ0v) is 15.1. The van der Waals surface area contributed by atoms with Crippen molar-refractivity contribution in [2.75, 3.05) is 6.61 Å². The minimum atomic E-state index is -0.308. The second-order valence-electron chi connectivity index (χ2n) is 6.26. The van der Waals surface area contributed by atoms with Gasteiger partial charge in [-0.05, 0) is 38.8 Å². The number of hydrogen-bond donors (Lipinski definition) is 0. The lowest BCUT2D eigenvalue weighted by Crippen LogP contribution is -2.13. The molecule has 2 rings (SSSR count). The van der Waals surface area contributed by atoms with Crippen molar-refractivity contribution in [2.24, 2.45) is 5.92 Å². The van der Waals surface area contributed by atoms with Crippen molar-refractivity contribution < 1.29 is 14.3 Å². The Hall–Kier alpha value is -2.30. The fourth-order valence-corrected chi connectivity index (χ4v) is 2.63. The fourth-order valence-electron chi connectivity index (χ4n) is 2.63. The van der Waals surface area contributed by atoms with Crippen LogP contribution in [-0.4, -0.2) is 22.4 Å². The summed E-state index contributed by atoms with van der Waals surface area (Å²) in [6.45, 7) is 11.5. The number of aryl methyl sites for hydroxylation is 1. The molecule has 1 aromatic heterocycles. The Morgan fingerprint density at radius 3 is 2.50 bits per heavy atom. The maximum atomic E-state index is 12.4. The third-order valence-electron chi connectivity index (χ3n) is 3.76. The molecule has 0 aliphatic heterocycles. The van der Waals surface area contributed by atoms with Crippen molar-refractivity contribution in [2.45, 2.75) is 47.6 Å². The molecule has 1 aromatic carbocycles. The van der Waals surface area contributed by atoms with Crippen LogP contribution < -0.4 is 9.47 Å². The van der Waals surface area contributed by atoms with Crippen molar-refractivity contribution >= 4 is 5.97 Å². The van der Waals surface area contributed by atoms with E-state index in [-0.39, 0.29) is 12.4 Å². The molecule has 5 heteroatoms. The lowest BCUT2D eigenvalue weighted by Gasteiger charge is -2.10. The largest absolute Gasteiger partial charge is 0.490 e. The minimum absolute atomic E-state index is 0.205. The quantitative estimate of drug-likeness (QED) is 0.574. The molecule has 24 heavy (non-hydrogen) atoms. The van der Waals surface area contributed by atoms with Gasteiger partial charge in [0.1, 0.15) is 0 Å². The molecule has 0 saturated carbocycles. The average Bonchev–Trinajstić information content (AvgIpc) is 2.76. The topological polar surface area (TPSA) is 53.4 Å². The van der Waals surface area contributed by atoms with Crippen molar-refractivity contribution in [1.82, 2.24) is 9.78 Å². The molecule has 0 amide bonds. The Bertz CT molecular complexity index is 705. The highest BCUT2D eigenvalue weighted by atomic mass is 16.6. The zero-order chi connectivity index (χ0) is 17.7. The third-order valence-corrected chi connectivity index (χ3v) is 3.76. The molecule has 1 heterocycles. The van der Waals surface area contributed by atoms with Crippen molar-refractivity contribution in [3.05, 3.63) is 41.2 Å². The molecule has 0 spiro atoms. The second kappa shape index (κ2) is 7.99. The van der Waals surface area contributed by atoms with Crippen molar-refractivity contribution in [3.63, 3.8) is 0 Å². The van der Waals surface area contributed by atoms with E-state index >= 15 is 0 Å². The molecule has 0 radical (unpaired) electrons. The predicted octanol–water partition coefficient (Wildman–Crippen LogP) is 3.70. The second-order valence-corrected chi connectivity index (χ2v) is 6.26. The number of ether oxygens (including phenoxy) is 2. The Balaban J connectivity index is 2.12. The van der Waals surface area contributed by atoms with Gasteiger partial charge in [-0.3, -0.25) is 9.48 Å². The number of para-hydroxylation sites is 2. The molecular weight excluding hydrogens is 304 g/mol. The lowest BCUT2D eigenvalue weighted by atomic mass is 10.1. The summed E-state index contributed by atoms with van der Waals surface area (Å²) >= 11 is 0. The first-order valence-corrected chi connectivity index (χ1v) is 8.37. The first kappa shape index (κ1) is 18.0. The summed E-state index contributed by atoms with van der Waals surface area (Å²) in [6, 6.07) is 7.21. The van der Waals surface area contributed by atoms with E-state index in [1.165, 1.54) is 0 Å². The van der Waals surface area contributed by atoms with Gasteiger partial charge in [0.25, 0.3) is 0 Å². The van der Waals surface area contributed by atoms with Crippen molar-refractivity contribution in [3.8, 4) is 11.5 Å². The van der Waals surface area contributed by atoms with Gasteiger partial charge in [0, 0.05) is 17.8 Å². The van der Waals surface area contributed by atoms with Gasteiger partial charge in [-0.15, -0.1) is 0 Å². The SMILES string of the molecule is CCOc1ccccc1OC(=O)Cc1c(C)nn(CC(C)C)c1C. The highest BCUT2D eigenvalue weighted by Gasteiger charge is 2.18. The standard InChI is InChI=1S/C19H26N2O3/c1-6-23-17-9-7-8-10-18(17)24-19(22)11-16-14(4)20-21(15(16)5)12-13(2)3/h7-10,13H,6,11-12H2,1-5H3. The van der Waals surface area contributed by atoms with E-state index in [9.17, 15) is 4.79 Å². The maximum Gasteiger partial charge on any atom is 0.315 e. The summed E-state index contributed by atoms with van der Waals surface area (Å²) in [5.41, 5.74) is 2.84. The molecule has 0 N–H and O–H groups in total. The Morgan fingerprint density at radius 1 is 1.21 bits per heavy atom. The smallest absolute Gasteiger partial charge is 0.315 e. The molecule has 0 aliphatic rings. The molecule has 0 fully saturated rings. The van der Waals surface area contributed by atoms with Crippen LogP contribution in [0, 0.1) is 19.8 Å². The van der Waals surface area contributed by atoms with Gasteiger partial charge in [0.15, 0.2) is 11.5 Å². The molecule has 2 aromatic rings. The van der Waals surface area contributed by atoms with Gasteiger partial charge < -0.3 is 9.47 Å². The van der Waals surface area contributed by atoms with Crippen LogP contribution in [0.15, 0.2) is 24.3 Å². The molecule has 0 aliphatic carbocycles. The molecule has 5 nitrogen and oxygen atoms in total. The predicted molar refractivity (Wildman–Crippen MR) is 93.5 cm³/mol. The summed E-state index contributed by atoms with van der Waals surface area (Å²) in [5, 5.41) is 4.54. The molecule has 0 atom stereocenters. The van der Waals surface area contributed by atoms with Crippen LogP contribution in [0.1, 0.15) is 37.7 Å². The maximum absolute atomic E-state index is 12.4. The van der Waals surface area contributed by atoms with E-state index in [0.717, 1.165) is 23.5 Å². The van der Waals surface area contributed by atoms with Crippen LogP contribution in [0.25, 0.3) is 0 Å². The Labute approximate surface area is 143 Å². The van der Waals surface area contributed by atoms with Crippen LogP contribution in [0.3, 0.4) is 0 Å². The van der Waals surface area contributed by atoms with Gasteiger partial charge in [0.2, 0.25) is 0 Å². The van der Waals surface area contributed by atoms with Gasteiger partial charge in [-0.2, -0.15) is 5.10 Å². The Morgan fingerprint density at radius 2 is 1.88 bits per heavy atom. The first-order chi connectivity index (χ1) is 11.4. The minimum Gasteiger partial charge on any atom is -0.490 e. The number of hydrogen-bond acceptors (Lipinski definition) is 4. The summed E-state index contributed by atoms with van der Waals surface area (Å²) < 4.78 is 13.0. The fraction of sp³-hybridized carbons (Fsp3) is 0.474. The third kappa shape index (κ3) is 4.37. The summed E-state index contributed by atoms with van der Waals surface area (Å²) in [7, 11) is 0. The van der Waals surface area contributed by atoms with E-state index in [0.29, 0.717) is 24.0 Å². The monoisotopic (exact) mass is 330 g/mol. The summed E-state index contributed by atoms with van der Waals surface area (Å²) in [6.07, 6.45) is 0.205. The Kier molecular flexibility index (Phi) is 6.01. The van der Waals surface area contributed by atoms with E-state index in [1.54, 1.807) is 12.1 Å². The number of aromatic nitrogens is 2. The molecule has 0 bridgehead atoms. The van der Waals surface area contributed by atoms with Crippen LogP contribution in [0.2, 0.25) is 0 Å². The van der Waals surface area contributed by atoms with Gasteiger partial charge >= 0.3 is 5.97 Å². The average molecular weight is 330 g/mol. The van der Waals surface area contributed by atoms with E-state index < -0.39 is 0 Å². The number of carbonyl (C=O) groups is 1. The lowest BCUT2D eigenvalue weighted by molar-refractivity contribution is -0.133. The highest BCUT2D eigenvalue weighted by Crippen LogP contribution is 2.27. The van der Waals surface area contributed by atoms with E-state index in [2.05, 4.69) is 18.9 Å². The van der Waals surface area contributed by atoms with Gasteiger partial charge in [-0.25, -0.2) is 0 Å². The van der Waals surface area contributed by atoms with Gasteiger partial charge in [-0.1, -0.05) is 26.0 Å². The van der Waals surface area contributed by atoms with Crippen LogP contribution in [-0.2, 0) is 17.8 Å². The highest BCUT2D eigenvalue weighted by molar-refractivity contribution is 5.76. The number of esters is 1. The molecule has 0 saturated heterocycles. The van der Waals surface area contributed by atoms with E-state index in [4.69, 9.17) is 9.47 Å². The summed E-state index contributed by atoms with van der Waals surface area (Å²) in [4.78, 5) is 12.4. The number of carbonyl (C=O) groups excluding carboxylic acids is 1. The number of nitrogens with zero attached hydrogens (tertiary/aromatic N) is 2. The molecule has 0 unspecified atom stereocenters. The van der Waals surface area contributed by atoms with Crippen molar-refractivity contribution in [1.29, 1.82) is 0 Å². The number of benzene rings is 1. The summed E-state index contributed by atoms with van der Waals surface area (Å²) in [5.74, 6) is 1.23. The zero-order valence-electron chi connectivity index (χ0n) is 15.1. The molecule has 130 valence electrons. The molecular formula is C19H26N2O3. The van der Waals surface area contributed by atoms with Gasteiger partial charge in [0.05, 0.1) is 18.7 Å².